The van der Waals surface area contributed by atoms with Crippen molar-refractivity contribution in [1.82, 2.24) is 10.6 Å². The average molecular weight is 376 g/mol. The Bertz CT molecular complexity index is 687. The van der Waals surface area contributed by atoms with Crippen LogP contribution in [0, 0.1) is 0 Å². The number of carbonyl (C=O) groups excluding carboxylic acids is 3. The summed E-state index contributed by atoms with van der Waals surface area (Å²) in [6.07, 6.45) is 2.55. The van der Waals surface area contributed by atoms with E-state index >= 15 is 0 Å². The highest BCUT2D eigenvalue weighted by molar-refractivity contribution is 5.90. The maximum Gasteiger partial charge on any atom is 0.330 e. The van der Waals surface area contributed by atoms with Gasteiger partial charge in [0.25, 0.3) is 0 Å². The Morgan fingerprint density at radius 2 is 1.78 bits per heavy atom. The normalized spacial score (nSPS) is 12.8. The Morgan fingerprint density at radius 3 is 2.33 bits per heavy atom. The molecule has 1 aromatic rings. The lowest BCUT2D eigenvalue weighted by Gasteiger charge is -2.20. The van der Waals surface area contributed by atoms with Gasteiger partial charge in [0, 0.05) is 19.4 Å². The van der Waals surface area contributed by atoms with E-state index in [1.54, 1.807) is 31.2 Å². The smallest absolute Gasteiger partial charge is 0.330 e. The number of amides is 2. The summed E-state index contributed by atoms with van der Waals surface area (Å²) in [5, 5.41) is 14.2. The highest BCUT2D eigenvalue weighted by Gasteiger charge is 2.25. The number of ether oxygens (including phenoxy) is 1. The van der Waals surface area contributed by atoms with Crippen LogP contribution in [0.15, 0.2) is 42.5 Å². The minimum absolute atomic E-state index is 0.0992. The van der Waals surface area contributed by atoms with Crippen LogP contribution in [0.3, 0.4) is 0 Å². The van der Waals surface area contributed by atoms with Gasteiger partial charge in [-0.05, 0) is 18.9 Å². The third-order valence-corrected chi connectivity index (χ3v) is 3.50. The minimum Gasteiger partial charge on any atom is -0.480 e. The van der Waals surface area contributed by atoms with Crippen LogP contribution in [0.4, 0.5) is 0 Å². The van der Waals surface area contributed by atoms with E-state index < -0.39 is 35.8 Å². The van der Waals surface area contributed by atoms with Gasteiger partial charge in [0.05, 0.1) is 6.61 Å². The summed E-state index contributed by atoms with van der Waals surface area (Å²) in [5.74, 6) is -2.86. The summed E-state index contributed by atoms with van der Waals surface area (Å²) in [6.45, 7) is 3.14. The second-order valence-corrected chi connectivity index (χ2v) is 5.73. The number of carbonyl (C=O) groups is 4. The van der Waals surface area contributed by atoms with Crippen molar-refractivity contribution < 1.29 is 29.0 Å². The van der Waals surface area contributed by atoms with Gasteiger partial charge in [-0.1, -0.05) is 36.4 Å². The standard InChI is InChI=1S/C19H24N2O6/c1-3-27-17(23)11-7-10-15(19(25)26)21-18(24)16(20-13(2)22)12-14-8-5-4-6-9-14/h4-9,11,15-16H,3,10,12H2,1-2H3,(H,20,22)(H,21,24)(H,25,26)/b11-7+/t15-,16+/m1/s1. The fraction of sp³-hybridized carbons (Fsp3) is 0.368. The monoisotopic (exact) mass is 376 g/mol. The molecular formula is C19H24N2O6. The molecule has 2 amide bonds. The molecule has 1 aromatic carbocycles. The summed E-state index contributed by atoms with van der Waals surface area (Å²) >= 11 is 0. The van der Waals surface area contributed by atoms with Crippen LogP contribution >= 0.6 is 0 Å². The second-order valence-electron chi connectivity index (χ2n) is 5.73. The first-order valence-corrected chi connectivity index (χ1v) is 8.51. The van der Waals surface area contributed by atoms with Crippen LogP contribution in [0.25, 0.3) is 0 Å². The summed E-state index contributed by atoms with van der Waals surface area (Å²) in [7, 11) is 0. The molecule has 0 heterocycles. The van der Waals surface area contributed by atoms with Gasteiger partial charge in [0.15, 0.2) is 0 Å². The van der Waals surface area contributed by atoms with Crippen molar-refractivity contribution in [1.29, 1.82) is 0 Å². The summed E-state index contributed by atoms with van der Waals surface area (Å²) < 4.78 is 4.71. The van der Waals surface area contributed by atoms with E-state index in [-0.39, 0.29) is 19.4 Å². The van der Waals surface area contributed by atoms with Crippen molar-refractivity contribution in [3.8, 4) is 0 Å². The lowest BCUT2D eigenvalue weighted by atomic mass is 10.0. The van der Waals surface area contributed by atoms with E-state index in [1.165, 1.54) is 13.0 Å². The molecule has 0 radical (unpaired) electrons. The molecular weight excluding hydrogens is 352 g/mol. The fourth-order valence-corrected chi connectivity index (χ4v) is 2.29. The molecule has 0 spiro atoms. The first-order chi connectivity index (χ1) is 12.8. The quantitative estimate of drug-likeness (QED) is 0.410. The van der Waals surface area contributed by atoms with Crippen molar-refractivity contribution in [2.24, 2.45) is 0 Å². The van der Waals surface area contributed by atoms with Crippen LogP contribution in [0.5, 0.6) is 0 Å². The van der Waals surface area contributed by atoms with Crippen molar-refractivity contribution >= 4 is 23.8 Å². The Balaban J connectivity index is 2.77. The molecule has 8 nitrogen and oxygen atoms in total. The molecule has 0 bridgehead atoms. The highest BCUT2D eigenvalue weighted by Crippen LogP contribution is 2.05. The molecule has 0 fully saturated rings. The average Bonchev–Trinajstić information content (AvgIpc) is 2.60. The Kier molecular flexibility index (Phi) is 9.28. The van der Waals surface area contributed by atoms with Crippen molar-refractivity contribution in [3.63, 3.8) is 0 Å². The molecule has 0 unspecified atom stereocenters. The molecule has 0 aromatic heterocycles. The number of aliphatic carboxylic acids is 1. The van der Waals surface area contributed by atoms with Gasteiger partial charge in [-0.25, -0.2) is 9.59 Å². The number of hydrogen-bond donors (Lipinski definition) is 3. The van der Waals surface area contributed by atoms with Gasteiger partial charge in [-0.15, -0.1) is 0 Å². The number of nitrogens with one attached hydrogen (secondary N) is 2. The maximum atomic E-state index is 12.5. The van der Waals surface area contributed by atoms with E-state index in [1.807, 2.05) is 6.07 Å². The Morgan fingerprint density at radius 1 is 1.11 bits per heavy atom. The lowest BCUT2D eigenvalue weighted by Crippen LogP contribution is -2.52. The second kappa shape index (κ2) is 11.5. The van der Waals surface area contributed by atoms with E-state index in [0.717, 1.165) is 11.6 Å². The van der Waals surface area contributed by atoms with Crippen molar-refractivity contribution in [3.05, 3.63) is 48.0 Å². The molecule has 2 atom stereocenters. The molecule has 1 rings (SSSR count). The lowest BCUT2D eigenvalue weighted by molar-refractivity contribution is -0.142. The summed E-state index contributed by atoms with van der Waals surface area (Å²) in [6, 6.07) is 6.89. The molecule has 0 aliphatic rings. The number of carboxylic acids is 1. The van der Waals surface area contributed by atoms with Crippen LogP contribution in [0.1, 0.15) is 25.8 Å². The van der Waals surface area contributed by atoms with Crippen LogP contribution in [0.2, 0.25) is 0 Å². The molecule has 8 heteroatoms. The van der Waals surface area contributed by atoms with E-state index in [9.17, 15) is 24.3 Å². The van der Waals surface area contributed by atoms with Crippen LogP contribution in [-0.4, -0.2) is 47.6 Å². The number of carboxylic acid groups (broad SMARTS) is 1. The number of hydrogen-bond acceptors (Lipinski definition) is 5. The predicted octanol–water partition coefficient (Wildman–Crippen LogP) is 0.813. The highest BCUT2D eigenvalue weighted by atomic mass is 16.5. The molecule has 0 saturated heterocycles. The molecule has 146 valence electrons. The summed E-state index contributed by atoms with van der Waals surface area (Å²) in [4.78, 5) is 46.5. The molecule has 0 aliphatic carbocycles. The first kappa shape index (κ1) is 21.9. The van der Waals surface area contributed by atoms with Gasteiger partial charge in [-0.3, -0.25) is 9.59 Å². The van der Waals surface area contributed by atoms with Crippen molar-refractivity contribution in [2.45, 2.75) is 38.8 Å². The Hall–Kier alpha value is -3.16. The van der Waals surface area contributed by atoms with E-state index in [2.05, 4.69) is 10.6 Å². The minimum atomic E-state index is -1.25. The zero-order valence-corrected chi connectivity index (χ0v) is 15.3. The first-order valence-electron chi connectivity index (χ1n) is 8.51. The van der Waals surface area contributed by atoms with E-state index in [4.69, 9.17) is 4.74 Å². The van der Waals surface area contributed by atoms with Gasteiger partial charge in [0.2, 0.25) is 11.8 Å². The number of benzene rings is 1. The Labute approximate surface area is 157 Å². The van der Waals surface area contributed by atoms with Crippen LogP contribution in [-0.2, 0) is 30.3 Å². The fourth-order valence-electron chi connectivity index (χ4n) is 2.29. The largest absolute Gasteiger partial charge is 0.480 e. The number of esters is 1. The zero-order valence-electron chi connectivity index (χ0n) is 15.3. The molecule has 0 aliphatic heterocycles. The van der Waals surface area contributed by atoms with E-state index in [0.29, 0.717) is 0 Å². The van der Waals surface area contributed by atoms with Gasteiger partial charge in [-0.2, -0.15) is 0 Å². The molecule has 0 saturated carbocycles. The topological polar surface area (TPSA) is 122 Å². The maximum absolute atomic E-state index is 12.5. The van der Waals surface area contributed by atoms with Crippen molar-refractivity contribution in [2.75, 3.05) is 6.61 Å². The zero-order chi connectivity index (χ0) is 20.2. The van der Waals surface area contributed by atoms with Gasteiger partial charge >= 0.3 is 11.9 Å². The molecule has 3 N–H and O–H groups in total. The third-order valence-electron chi connectivity index (χ3n) is 3.50. The van der Waals surface area contributed by atoms with Gasteiger partial charge < -0.3 is 20.5 Å². The van der Waals surface area contributed by atoms with Gasteiger partial charge in [0.1, 0.15) is 12.1 Å². The summed E-state index contributed by atoms with van der Waals surface area (Å²) in [5.41, 5.74) is 0.820. The predicted molar refractivity (Wildman–Crippen MR) is 97.7 cm³/mol. The SMILES string of the molecule is CCOC(=O)/C=C/C[C@@H](NC(=O)[C@H](Cc1ccccc1)NC(C)=O)C(=O)O. The van der Waals surface area contributed by atoms with Crippen LogP contribution < -0.4 is 10.6 Å². The molecule has 27 heavy (non-hydrogen) atoms. The number of rotatable bonds is 10. The third kappa shape index (κ3) is 8.66.